The average molecular weight is 709 g/mol. The second kappa shape index (κ2) is 10.8. The molecule has 250 valence electrons. The predicted octanol–water partition coefficient (Wildman–Crippen LogP) is -2.73. The number of anilines is 1. The molecule has 6 aliphatic rings. The Morgan fingerprint density at radius 3 is 2.80 bits per heavy atom. The van der Waals surface area contributed by atoms with E-state index in [9.17, 15) is 19.1 Å². The molecule has 4 bridgehead atoms. The van der Waals surface area contributed by atoms with Crippen LogP contribution in [0.2, 0.25) is 0 Å². The average Bonchev–Trinajstić information content (AvgIpc) is 3.80. The maximum atomic E-state index is 15.9. The lowest BCUT2D eigenvalue weighted by molar-refractivity contribution is -0.183. The van der Waals surface area contributed by atoms with E-state index in [4.69, 9.17) is 55.6 Å². The number of aromatic nitrogens is 4. The van der Waals surface area contributed by atoms with E-state index in [1.807, 2.05) is 0 Å². The Morgan fingerprint density at radius 1 is 1.15 bits per heavy atom. The number of carbonyl (C=O) groups excluding carboxylic acids is 1. The van der Waals surface area contributed by atoms with Crippen LogP contribution in [-0.4, -0.2) is 127 Å². The molecular formula is C21H27FN10O11P2S. The van der Waals surface area contributed by atoms with Crippen molar-refractivity contribution in [3.8, 4) is 0 Å². The van der Waals surface area contributed by atoms with Gasteiger partial charge in [0.2, 0.25) is 0 Å². The number of nitrogens with two attached hydrogens (primary N) is 2. The molecule has 0 aliphatic carbocycles. The number of fused-ring (bicyclic) bond motifs is 4. The van der Waals surface area contributed by atoms with Crippen LogP contribution in [0.3, 0.4) is 0 Å². The number of amides is 1. The number of halogens is 1. The zero-order chi connectivity index (χ0) is 32.2. The molecule has 46 heavy (non-hydrogen) atoms. The van der Waals surface area contributed by atoms with Crippen LogP contribution in [0.5, 0.6) is 0 Å². The van der Waals surface area contributed by atoms with Crippen LogP contribution in [0, 0.1) is 0 Å². The number of phosphoric ester groups is 1. The number of aliphatic imine (C=N–C) groups is 1. The second-order valence-corrected chi connectivity index (χ2v) is 15.5. The van der Waals surface area contributed by atoms with Crippen molar-refractivity contribution < 1.29 is 55.8 Å². The molecule has 8 heterocycles. The van der Waals surface area contributed by atoms with E-state index < -0.39 is 101 Å². The minimum Gasteiger partial charge on any atom is -0.382 e. The molecule has 0 radical (unpaired) electrons. The van der Waals surface area contributed by atoms with Crippen LogP contribution in [0.15, 0.2) is 17.6 Å². The van der Waals surface area contributed by atoms with E-state index in [0.717, 1.165) is 0 Å². The molecular weight excluding hydrogens is 681 g/mol. The Kier molecular flexibility index (Phi) is 7.29. The van der Waals surface area contributed by atoms with Gasteiger partial charge in [0.25, 0.3) is 5.91 Å². The van der Waals surface area contributed by atoms with Gasteiger partial charge < -0.3 is 44.5 Å². The third-order valence-electron chi connectivity index (χ3n) is 8.47. The lowest BCUT2D eigenvalue weighted by Gasteiger charge is -2.39. The minimum atomic E-state index is -4.97. The molecule has 6 aliphatic heterocycles. The number of hydrogen-bond donors (Lipinski definition) is 6. The zero-order valence-corrected chi connectivity index (χ0v) is 25.8. The van der Waals surface area contributed by atoms with E-state index in [1.54, 1.807) is 0 Å². The van der Waals surface area contributed by atoms with Gasteiger partial charge in [0.05, 0.1) is 32.5 Å². The molecule has 2 aromatic heterocycles. The Labute approximate surface area is 262 Å². The number of hydrogen-bond acceptors (Lipinski definition) is 18. The molecule has 25 heteroatoms. The van der Waals surface area contributed by atoms with Gasteiger partial charge in [0, 0.05) is 0 Å². The predicted molar refractivity (Wildman–Crippen MR) is 151 cm³/mol. The van der Waals surface area contributed by atoms with E-state index in [1.165, 1.54) is 28.5 Å². The van der Waals surface area contributed by atoms with Gasteiger partial charge in [-0.25, -0.2) is 23.9 Å². The van der Waals surface area contributed by atoms with Crippen molar-refractivity contribution in [2.45, 2.75) is 67.1 Å². The van der Waals surface area contributed by atoms with Crippen molar-refractivity contribution in [2.24, 2.45) is 10.7 Å². The highest BCUT2D eigenvalue weighted by molar-refractivity contribution is 8.07. The first-order valence-corrected chi connectivity index (χ1v) is 17.9. The number of imidazole rings is 1. The van der Waals surface area contributed by atoms with Gasteiger partial charge in [0.15, 0.2) is 36.1 Å². The molecule has 5 saturated heterocycles. The molecule has 5 fully saturated rings. The molecule has 8 rings (SSSR count). The summed E-state index contributed by atoms with van der Waals surface area (Å²) >= 11 is 5.29. The fourth-order valence-electron chi connectivity index (χ4n) is 6.37. The maximum Gasteiger partial charge on any atom is 0.472 e. The molecule has 0 spiro atoms. The summed E-state index contributed by atoms with van der Waals surface area (Å²) in [5.74, 6) is -0.374. The monoisotopic (exact) mass is 708 g/mol. The Morgan fingerprint density at radius 2 is 1.98 bits per heavy atom. The first-order valence-electron chi connectivity index (χ1n) is 13.8. The number of nitrogen functional groups attached to an aromatic ring is 1. The van der Waals surface area contributed by atoms with Crippen molar-refractivity contribution in [1.82, 2.24) is 35.1 Å². The van der Waals surface area contributed by atoms with E-state index in [0.29, 0.717) is 0 Å². The molecule has 1 amide bonds. The zero-order valence-electron chi connectivity index (χ0n) is 23.2. The quantitative estimate of drug-likeness (QED) is 0.173. The number of phosphoric acid groups is 1. The third-order valence-corrected chi connectivity index (χ3v) is 11.0. The van der Waals surface area contributed by atoms with Gasteiger partial charge in [0.1, 0.15) is 54.3 Å². The number of ether oxygens (including phenoxy) is 3. The van der Waals surface area contributed by atoms with Gasteiger partial charge in [-0.15, -0.1) is 0 Å². The molecule has 21 nitrogen and oxygen atoms in total. The Bertz CT molecular complexity index is 1710. The minimum absolute atomic E-state index is 0.113. The van der Waals surface area contributed by atoms with E-state index >= 15 is 4.39 Å². The fourth-order valence-corrected chi connectivity index (χ4v) is 8.79. The van der Waals surface area contributed by atoms with Crippen molar-refractivity contribution in [1.29, 1.82) is 0 Å². The summed E-state index contributed by atoms with van der Waals surface area (Å²) in [5, 5.41) is 5.40. The SMILES string of the molecule is Nc1ncnc2c1ncn2[C@@H]1O[C@@]23CO[C@@H]1[C@@H]2OP(=O)(O)OC[C@H]1O[C@@H](N2C=NC4C(=O)NC(N)NC42)[C@H](OP(O)(=S)OC3)[C@H]1F. The van der Waals surface area contributed by atoms with Crippen molar-refractivity contribution in [3.63, 3.8) is 0 Å². The summed E-state index contributed by atoms with van der Waals surface area (Å²) < 4.78 is 71.0. The van der Waals surface area contributed by atoms with Crippen LogP contribution in [0.25, 0.3) is 11.2 Å². The van der Waals surface area contributed by atoms with Crippen LogP contribution in [-0.2, 0) is 53.5 Å². The van der Waals surface area contributed by atoms with Gasteiger partial charge in [-0.2, -0.15) is 0 Å². The second-order valence-electron chi connectivity index (χ2n) is 11.3. The maximum absolute atomic E-state index is 15.9. The standard InChI is InChI=1S/C21H27FN10O11P2S/c22-8-7-1-38-44(34,35)43-13-12-19(31-5-27-9-14(23)25-4-26-15(9)31)41-21(13,2-37-12)3-39-45(36,46)42-11(8)18(40-7)32-6-28-10-16(32)29-20(24)30-17(10)33/h4-8,10-13,16,18-20,29H,1-3,24H2,(H,30,33)(H,34,35)(H,36,46)(H2,23,25,26)/t7-,8+,10?,11-,12-,13+,16?,18-,19-,20?,21-,45?/m1/s1. The topological polar surface area (TPSA) is 275 Å². The van der Waals surface area contributed by atoms with Crippen molar-refractivity contribution >= 4 is 55.6 Å². The highest BCUT2D eigenvalue weighted by atomic mass is 32.5. The van der Waals surface area contributed by atoms with Gasteiger partial charge >= 0.3 is 14.5 Å². The summed E-state index contributed by atoms with van der Waals surface area (Å²) in [4.78, 5) is 52.3. The van der Waals surface area contributed by atoms with Crippen molar-refractivity contribution in [2.75, 3.05) is 25.6 Å². The normalized spacial score (nSPS) is 47.2. The van der Waals surface area contributed by atoms with Gasteiger partial charge in [-0.1, -0.05) is 0 Å². The number of nitrogens with zero attached hydrogens (tertiary/aromatic N) is 6. The molecule has 8 N–H and O–H groups in total. The molecule has 5 unspecified atom stereocenters. The van der Waals surface area contributed by atoms with Gasteiger partial charge in [-0.05, 0) is 11.8 Å². The van der Waals surface area contributed by atoms with Crippen LogP contribution in [0.4, 0.5) is 10.2 Å². The summed E-state index contributed by atoms with van der Waals surface area (Å²) in [6, 6.07) is -0.961. The molecule has 0 saturated carbocycles. The molecule has 2 aromatic rings. The smallest absolute Gasteiger partial charge is 0.382 e. The van der Waals surface area contributed by atoms with Crippen LogP contribution < -0.4 is 22.1 Å². The lowest BCUT2D eigenvalue weighted by atomic mass is 10.0. The summed E-state index contributed by atoms with van der Waals surface area (Å²) in [6.07, 6.45) is -7.97. The van der Waals surface area contributed by atoms with Crippen molar-refractivity contribution in [3.05, 3.63) is 12.7 Å². The van der Waals surface area contributed by atoms with Crippen LogP contribution in [0.1, 0.15) is 6.23 Å². The number of alkyl halides is 1. The summed E-state index contributed by atoms with van der Waals surface area (Å²) in [5.41, 5.74) is 10.7. The lowest BCUT2D eigenvalue weighted by Crippen LogP contribution is -2.70. The number of nitrogens with one attached hydrogen (secondary N) is 2. The summed E-state index contributed by atoms with van der Waals surface area (Å²) in [6.45, 7) is -5.90. The first-order chi connectivity index (χ1) is 21.8. The van der Waals surface area contributed by atoms with Crippen LogP contribution >= 0.6 is 14.5 Å². The third kappa shape index (κ3) is 4.98. The highest BCUT2D eigenvalue weighted by Crippen LogP contribution is 2.58. The first kappa shape index (κ1) is 31.0. The van der Waals surface area contributed by atoms with E-state index in [-0.39, 0.29) is 23.6 Å². The van der Waals surface area contributed by atoms with Gasteiger partial charge in [-0.3, -0.25) is 39.0 Å². The number of carbonyl (C=O) groups is 1. The molecule has 0 aromatic carbocycles. The Balaban J connectivity index is 1.10. The van der Waals surface area contributed by atoms with E-state index in [2.05, 4.69) is 30.6 Å². The Hall–Kier alpha value is -2.34. The number of rotatable bonds is 2. The highest BCUT2D eigenvalue weighted by Gasteiger charge is 2.66. The summed E-state index contributed by atoms with van der Waals surface area (Å²) in [7, 11) is -4.97. The largest absolute Gasteiger partial charge is 0.472 e. The molecule has 13 atom stereocenters. The fraction of sp³-hybridized carbons (Fsp3) is 0.667.